The Hall–Kier alpha value is -0.780. The van der Waals surface area contributed by atoms with Gasteiger partial charge in [-0.15, -0.1) is 0 Å². The summed E-state index contributed by atoms with van der Waals surface area (Å²) in [5.41, 5.74) is 7.85. The van der Waals surface area contributed by atoms with Gasteiger partial charge in [0.15, 0.2) is 5.16 Å². The monoisotopic (exact) mass is 311 g/mol. The van der Waals surface area contributed by atoms with Gasteiger partial charge in [-0.3, -0.25) is 4.57 Å². The highest BCUT2D eigenvalue weighted by molar-refractivity contribution is 9.10. The first kappa shape index (κ1) is 12.7. The van der Waals surface area contributed by atoms with E-state index in [0.29, 0.717) is 6.54 Å². The smallest absolute Gasteiger partial charge is 0.172 e. The molecule has 2 N–H and O–H groups in total. The molecule has 5 heteroatoms. The number of hydrogen-bond donors (Lipinski definition) is 1. The van der Waals surface area contributed by atoms with Gasteiger partial charge >= 0.3 is 0 Å². The van der Waals surface area contributed by atoms with Crippen LogP contribution in [0.3, 0.4) is 0 Å². The summed E-state index contributed by atoms with van der Waals surface area (Å²) in [6, 6.07) is 6.29. The van der Waals surface area contributed by atoms with E-state index in [1.165, 1.54) is 5.56 Å². The fourth-order valence-corrected chi connectivity index (χ4v) is 2.96. The van der Waals surface area contributed by atoms with Crippen molar-refractivity contribution in [1.82, 2.24) is 9.55 Å². The van der Waals surface area contributed by atoms with Crippen LogP contribution in [-0.2, 0) is 0 Å². The average Bonchev–Trinajstić information content (AvgIpc) is 2.74. The molecule has 1 heterocycles. The van der Waals surface area contributed by atoms with Crippen LogP contribution in [0, 0.1) is 6.92 Å². The van der Waals surface area contributed by atoms with Gasteiger partial charge in [-0.25, -0.2) is 4.98 Å². The molecular weight excluding hydrogens is 298 g/mol. The molecule has 1 aromatic carbocycles. The third-order valence-electron chi connectivity index (χ3n) is 2.32. The highest BCUT2D eigenvalue weighted by Gasteiger charge is 2.08. The first-order chi connectivity index (χ1) is 8.22. The summed E-state index contributed by atoms with van der Waals surface area (Å²) in [5.74, 6) is 0.875. The minimum atomic E-state index is 0.659. The summed E-state index contributed by atoms with van der Waals surface area (Å²) in [6.45, 7) is 2.74. The van der Waals surface area contributed by atoms with E-state index in [4.69, 9.17) is 5.73 Å². The summed E-state index contributed by atoms with van der Waals surface area (Å²) in [6.07, 6.45) is 3.78. The Balaban J connectivity index is 2.35. The molecule has 0 atom stereocenters. The first-order valence-electron chi connectivity index (χ1n) is 5.35. The molecule has 2 rings (SSSR count). The van der Waals surface area contributed by atoms with E-state index in [2.05, 4.69) is 50.6 Å². The molecule has 0 amide bonds. The summed E-state index contributed by atoms with van der Waals surface area (Å²) in [7, 11) is 0. The first-order valence-corrected chi connectivity index (χ1v) is 7.13. The summed E-state index contributed by atoms with van der Waals surface area (Å²) >= 11 is 5.26. The van der Waals surface area contributed by atoms with Gasteiger partial charge in [-0.05, 0) is 40.5 Å². The molecule has 0 unspecified atom stereocenters. The predicted octanol–water partition coefficient (Wildman–Crippen LogP) is 2.99. The summed E-state index contributed by atoms with van der Waals surface area (Å²) in [4.78, 5) is 4.34. The minimum absolute atomic E-state index is 0.659. The van der Waals surface area contributed by atoms with E-state index in [9.17, 15) is 0 Å². The van der Waals surface area contributed by atoms with Crippen molar-refractivity contribution >= 4 is 27.7 Å². The van der Waals surface area contributed by atoms with Crippen molar-refractivity contribution in [2.45, 2.75) is 12.1 Å². The molecule has 1 aromatic heterocycles. The van der Waals surface area contributed by atoms with E-state index >= 15 is 0 Å². The SMILES string of the molecule is Cc1ccc(-n2ccnc2SCCN)c(Br)c1. The molecule has 0 aliphatic heterocycles. The van der Waals surface area contributed by atoms with Crippen molar-refractivity contribution in [3.63, 3.8) is 0 Å². The normalized spacial score (nSPS) is 10.8. The van der Waals surface area contributed by atoms with Crippen molar-refractivity contribution in [3.05, 3.63) is 40.6 Å². The Bertz CT molecular complexity index is 510. The van der Waals surface area contributed by atoms with Crippen LogP contribution in [0.4, 0.5) is 0 Å². The second-order valence-electron chi connectivity index (χ2n) is 3.67. The number of aryl methyl sites for hydroxylation is 1. The molecule has 0 spiro atoms. The van der Waals surface area contributed by atoms with Crippen LogP contribution in [0.2, 0.25) is 0 Å². The van der Waals surface area contributed by atoms with E-state index < -0.39 is 0 Å². The van der Waals surface area contributed by atoms with Crippen molar-refractivity contribution < 1.29 is 0 Å². The lowest BCUT2D eigenvalue weighted by Gasteiger charge is -2.09. The number of halogens is 1. The number of rotatable bonds is 4. The third kappa shape index (κ3) is 2.91. The van der Waals surface area contributed by atoms with Crippen LogP contribution >= 0.6 is 27.7 Å². The minimum Gasteiger partial charge on any atom is -0.330 e. The molecule has 3 nitrogen and oxygen atoms in total. The molecule has 0 saturated heterocycles. The third-order valence-corrected chi connectivity index (χ3v) is 3.95. The Labute approximate surface area is 114 Å². The maximum absolute atomic E-state index is 5.52. The quantitative estimate of drug-likeness (QED) is 0.883. The molecule has 0 saturated carbocycles. The molecule has 0 radical (unpaired) electrons. The lowest BCUT2D eigenvalue weighted by Crippen LogP contribution is -2.03. The number of benzene rings is 1. The van der Waals surface area contributed by atoms with Crippen molar-refractivity contribution in [3.8, 4) is 5.69 Å². The largest absolute Gasteiger partial charge is 0.330 e. The topological polar surface area (TPSA) is 43.8 Å². The Morgan fingerprint density at radius 2 is 2.29 bits per heavy atom. The average molecular weight is 312 g/mol. The van der Waals surface area contributed by atoms with Crippen LogP contribution in [0.1, 0.15) is 5.56 Å². The molecule has 0 fully saturated rings. The van der Waals surface area contributed by atoms with Crippen molar-refractivity contribution in [2.24, 2.45) is 5.73 Å². The van der Waals surface area contributed by atoms with Gasteiger partial charge in [0.1, 0.15) is 0 Å². The zero-order valence-corrected chi connectivity index (χ0v) is 12.0. The maximum Gasteiger partial charge on any atom is 0.172 e. The van der Waals surface area contributed by atoms with Crippen LogP contribution in [0.5, 0.6) is 0 Å². The van der Waals surface area contributed by atoms with E-state index in [0.717, 1.165) is 21.1 Å². The highest BCUT2D eigenvalue weighted by Crippen LogP contribution is 2.26. The van der Waals surface area contributed by atoms with E-state index in [1.807, 2.05) is 12.4 Å². The number of imidazole rings is 1. The predicted molar refractivity (Wildman–Crippen MR) is 75.8 cm³/mol. The fraction of sp³-hybridized carbons (Fsp3) is 0.250. The number of hydrogen-bond acceptors (Lipinski definition) is 3. The van der Waals surface area contributed by atoms with E-state index in [1.54, 1.807) is 11.8 Å². The van der Waals surface area contributed by atoms with Gasteiger partial charge in [-0.1, -0.05) is 17.8 Å². The molecule has 2 aromatic rings. The molecule has 0 bridgehead atoms. The summed E-state index contributed by atoms with van der Waals surface area (Å²) < 4.78 is 3.15. The Kier molecular flexibility index (Phi) is 4.25. The molecule has 0 aliphatic rings. The highest BCUT2D eigenvalue weighted by atomic mass is 79.9. The van der Waals surface area contributed by atoms with Crippen LogP contribution in [-0.4, -0.2) is 21.8 Å². The van der Waals surface area contributed by atoms with Crippen LogP contribution in [0.25, 0.3) is 5.69 Å². The van der Waals surface area contributed by atoms with Gasteiger partial charge in [0.05, 0.1) is 5.69 Å². The van der Waals surface area contributed by atoms with Crippen LogP contribution in [0.15, 0.2) is 40.2 Å². The van der Waals surface area contributed by atoms with Gasteiger partial charge in [0.25, 0.3) is 0 Å². The molecule has 90 valence electrons. The van der Waals surface area contributed by atoms with Crippen molar-refractivity contribution in [2.75, 3.05) is 12.3 Å². The standard InChI is InChI=1S/C12H14BrN3S/c1-9-2-3-11(10(13)8-9)16-6-5-15-12(16)17-7-4-14/h2-3,5-6,8H,4,7,14H2,1H3. The second-order valence-corrected chi connectivity index (χ2v) is 5.59. The molecular formula is C12H14BrN3S. The summed E-state index contributed by atoms with van der Waals surface area (Å²) in [5, 5.41) is 0.972. The van der Waals surface area contributed by atoms with Gasteiger partial charge < -0.3 is 5.73 Å². The molecule has 17 heavy (non-hydrogen) atoms. The number of nitrogens with zero attached hydrogens (tertiary/aromatic N) is 2. The number of thioether (sulfide) groups is 1. The Morgan fingerprint density at radius 1 is 1.47 bits per heavy atom. The van der Waals surface area contributed by atoms with Crippen LogP contribution < -0.4 is 5.73 Å². The molecule has 0 aliphatic carbocycles. The number of aromatic nitrogens is 2. The lowest BCUT2D eigenvalue weighted by molar-refractivity contribution is 0.889. The van der Waals surface area contributed by atoms with Gasteiger partial charge in [0, 0.05) is 29.2 Å². The van der Waals surface area contributed by atoms with Crippen molar-refractivity contribution in [1.29, 1.82) is 0 Å². The van der Waals surface area contributed by atoms with Gasteiger partial charge in [-0.2, -0.15) is 0 Å². The van der Waals surface area contributed by atoms with Gasteiger partial charge in [0.2, 0.25) is 0 Å². The van der Waals surface area contributed by atoms with E-state index in [-0.39, 0.29) is 0 Å². The zero-order chi connectivity index (χ0) is 12.3. The zero-order valence-electron chi connectivity index (χ0n) is 9.56. The number of nitrogens with two attached hydrogens (primary N) is 1. The lowest BCUT2D eigenvalue weighted by atomic mass is 10.2. The fourth-order valence-electron chi connectivity index (χ4n) is 1.54. The second kappa shape index (κ2) is 5.71. The Morgan fingerprint density at radius 3 is 3.00 bits per heavy atom. The maximum atomic E-state index is 5.52.